The molecule has 0 saturated carbocycles. The first-order valence-electron chi connectivity index (χ1n) is 12.4. The van der Waals surface area contributed by atoms with Crippen molar-refractivity contribution in [3.63, 3.8) is 0 Å². The van der Waals surface area contributed by atoms with E-state index in [0.717, 1.165) is 52.5 Å². The monoisotopic (exact) mass is 530 g/mol. The van der Waals surface area contributed by atoms with Crippen LogP contribution in [0, 0.1) is 11.8 Å². The van der Waals surface area contributed by atoms with Gasteiger partial charge in [0.25, 0.3) is 0 Å². The molecule has 2 heterocycles. The molecule has 0 radical (unpaired) electrons. The van der Waals surface area contributed by atoms with E-state index in [0.29, 0.717) is 30.7 Å². The highest BCUT2D eigenvalue weighted by Crippen LogP contribution is 2.35. The van der Waals surface area contributed by atoms with Gasteiger partial charge in [-0.25, -0.2) is 4.39 Å². The number of halogens is 2. The number of benzene rings is 2. The van der Waals surface area contributed by atoms with Crippen molar-refractivity contribution in [1.29, 1.82) is 0 Å². The Morgan fingerprint density at radius 3 is 2.92 bits per heavy atom. The third-order valence-electron chi connectivity index (χ3n) is 6.98. The van der Waals surface area contributed by atoms with Gasteiger partial charge in [-0.05, 0) is 92.4 Å². The van der Waals surface area contributed by atoms with Crippen molar-refractivity contribution < 1.29 is 19.0 Å². The van der Waals surface area contributed by atoms with Gasteiger partial charge in [0, 0.05) is 23.0 Å². The number of aromatic nitrogens is 1. The first-order valence-corrected chi connectivity index (χ1v) is 13.7. The van der Waals surface area contributed by atoms with E-state index in [1.54, 1.807) is 31.1 Å². The maximum absolute atomic E-state index is 15.4. The first-order chi connectivity index (χ1) is 17.5. The summed E-state index contributed by atoms with van der Waals surface area (Å²) in [7, 11) is 1.58. The summed E-state index contributed by atoms with van der Waals surface area (Å²) in [5, 5.41) is 11.4. The highest BCUT2D eigenvalue weighted by molar-refractivity contribution is 7.99. The van der Waals surface area contributed by atoms with Crippen LogP contribution in [0.4, 0.5) is 4.39 Å². The lowest BCUT2D eigenvalue weighted by molar-refractivity contribution is -0.146. The molecule has 1 N–H and O–H groups in total. The van der Waals surface area contributed by atoms with E-state index in [-0.39, 0.29) is 5.92 Å². The second-order valence-electron chi connectivity index (χ2n) is 9.25. The van der Waals surface area contributed by atoms with Crippen molar-refractivity contribution in [2.45, 2.75) is 36.8 Å². The maximum Gasteiger partial charge on any atom is 0.308 e. The van der Waals surface area contributed by atoms with E-state index in [9.17, 15) is 9.90 Å². The number of carbonyl (C=O) groups is 1. The minimum Gasteiger partial charge on any atom is -0.497 e. The Balaban J connectivity index is 1.30. The van der Waals surface area contributed by atoms with E-state index in [1.165, 1.54) is 0 Å². The Kier molecular flexibility index (Phi) is 9.46. The third kappa shape index (κ3) is 6.69. The molecule has 192 valence electrons. The highest BCUT2D eigenvalue weighted by atomic mass is 35.5. The van der Waals surface area contributed by atoms with Crippen LogP contribution in [-0.2, 0) is 4.79 Å². The first kappa shape index (κ1) is 26.7. The van der Waals surface area contributed by atoms with Crippen molar-refractivity contribution in [3.8, 4) is 5.75 Å². The van der Waals surface area contributed by atoms with Crippen molar-refractivity contribution >= 4 is 40.2 Å². The lowest BCUT2D eigenvalue weighted by atomic mass is 9.81. The summed E-state index contributed by atoms with van der Waals surface area (Å²) in [6.07, 6.45) is 3.00. The Labute approximate surface area is 221 Å². The molecular formula is C28H32ClFN2O3S. The summed E-state index contributed by atoms with van der Waals surface area (Å²) < 4.78 is 20.7. The van der Waals surface area contributed by atoms with Gasteiger partial charge in [-0.3, -0.25) is 9.78 Å². The van der Waals surface area contributed by atoms with Gasteiger partial charge in [0.15, 0.2) is 0 Å². The van der Waals surface area contributed by atoms with E-state index in [4.69, 9.17) is 16.3 Å². The number of pyridine rings is 1. The molecule has 8 heteroatoms. The van der Waals surface area contributed by atoms with Crippen LogP contribution in [0.3, 0.4) is 0 Å². The standard InChI is InChI=1S/C28H32ClFN2O3S/c1-35-20-8-10-26-22(17-20)21(11-13-31-26)25(30)9-7-19-12-15-32(18-23(19)28(33)34)14-4-16-36-27-6-3-2-5-24(27)29/h2-3,5-6,8,10-11,13,17,19,23,25H,4,7,9,12,14-16,18H2,1H3,(H,33,34)/t19-,23+,25?/m1/s1. The number of piperidine rings is 1. The predicted molar refractivity (Wildman–Crippen MR) is 144 cm³/mol. The second kappa shape index (κ2) is 12.7. The minimum atomic E-state index is -1.18. The second-order valence-corrected chi connectivity index (χ2v) is 10.8. The van der Waals surface area contributed by atoms with Gasteiger partial charge >= 0.3 is 5.97 Å². The molecule has 2 aromatic carbocycles. The van der Waals surface area contributed by atoms with Crippen LogP contribution in [0.15, 0.2) is 59.6 Å². The van der Waals surface area contributed by atoms with Crippen LogP contribution in [0.1, 0.15) is 37.4 Å². The largest absolute Gasteiger partial charge is 0.497 e. The zero-order valence-corrected chi connectivity index (χ0v) is 22.0. The Morgan fingerprint density at radius 2 is 2.14 bits per heavy atom. The molecule has 0 bridgehead atoms. The van der Waals surface area contributed by atoms with Gasteiger partial charge in [-0.2, -0.15) is 0 Å². The zero-order valence-electron chi connectivity index (χ0n) is 20.4. The minimum absolute atomic E-state index is 0.0304. The molecule has 0 amide bonds. The molecule has 1 saturated heterocycles. The summed E-state index contributed by atoms with van der Waals surface area (Å²) >= 11 is 7.95. The molecule has 3 aromatic rings. The number of carboxylic acids is 1. The van der Waals surface area contributed by atoms with E-state index >= 15 is 4.39 Å². The van der Waals surface area contributed by atoms with Crippen LogP contribution in [0.25, 0.3) is 10.9 Å². The predicted octanol–water partition coefficient (Wildman–Crippen LogP) is 6.89. The molecule has 1 aromatic heterocycles. The summed E-state index contributed by atoms with van der Waals surface area (Å²) in [4.78, 5) is 19.7. The molecule has 1 aliphatic rings. The van der Waals surface area contributed by atoms with Crippen LogP contribution in [0.2, 0.25) is 5.02 Å². The number of aliphatic carboxylic acids is 1. The van der Waals surface area contributed by atoms with Crippen molar-refractivity contribution in [2.75, 3.05) is 32.5 Å². The van der Waals surface area contributed by atoms with Crippen LogP contribution in [-0.4, -0.2) is 53.5 Å². The number of hydrogen-bond donors (Lipinski definition) is 1. The third-order valence-corrected chi connectivity index (χ3v) is 8.58. The Hall–Kier alpha value is -2.35. The number of carboxylic acid groups (broad SMARTS) is 1. The number of methoxy groups -OCH3 is 1. The number of rotatable bonds is 11. The number of fused-ring (bicyclic) bond motifs is 1. The summed E-state index contributed by atoms with van der Waals surface area (Å²) in [5.41, 5.74) is 1.31. The molecule has 5 nitrogen and oxygen atoms in total. The fraction of sp³-hybridized carbons (Fsp3) is 0.429. The summed E-state index contributed by atoms with van der Waals surface area (Å²) in [5.74, 6) is 0.293. The average molecular weight is 531 g/mol. The van der Waals surface area contributed by atoms with Gasteiger partial charge in [-0.1, -0.05) is 23.7 Å². The van der Waals surface area contributed by atoms with Crippen LogP contribution < -0.4 is 4.74 Å². The smallest absolute Gasteiger partial charge is 0.308 e. The lowest BCUT2D eigenvalue weighted by Gasteiger charge is -2.36. The van der Waals surface area contributed by atoms with Crippen molar-refractivity contribution in [1.82, 2.24) is 9.88 Å². The van der Waals surface area contributed by atoms with Gasteiger partial charge in [0.1, 0.15) is 11.9 Å². The molecular weight excluding hydrogens is 499 g/mol. The molecule has 1 fully saturated rings. The number of thioether (sulfide) groups is 1. The van der Waals surface area contributed by atoms with Crippen molar-refractivity contribution in [2.24, 2.45) is 11.8 Å². The molecule has 1 aliphatic heterocycles. The molecule has 36 heavy (non-hydrogen) atoms. The lowest BCUT2D eigenvalue weighted by Crippen LogP contribution is -2.44. The zero-order chi connectivity index (χ0) is 25.5. The highest BCUT2D eigenvalue weighted by Gasteiger charge is 2.34. The molecule has 4 rings (SSSR count). The summed E-state index contributed by atoms with van der Waals surface area (Å²) in [6.45, 7) is 2.21. The fourth-order valence-corrected chi connectivity index (χ4v) is 6.16. The summed E-state index contributed by atoms with van der Waals surface area (Å²) in [6, 6.07) is 15.0. The normalized spacial score (nSPS) is 19.3. The maximum atomic E-state index is 15.4. The molecule has 3 atom stereocenters. The Bertz CT molecular complexity index is 1180. The van der Waals surface area contributed by atoms with Gasteiger partial charge in [-0.15, -0.1) is 11.8 Å². The van der Waals surface area contributed by atoms with Gasteiger partial charge in [0.05, 0.1) is 23.6 Å². The van der Waals surface area contributed by atoms with Gasteiger partial charge in [0.2, 0.25) is 0 Å². The average Bonchev–Trinajstić information content (AvgIpc) is 2.90. The topological polar surface area (TPSA) is 62.7 Å². The Morgan fingerprint density at radius 1 is 1.31 bits per heavy atom. The van der Waals surface area contributed by atoms with Gasteiger partial charge < -0.3 is 14.7 Å². The quantitative estimate of drug-likeness (QED) is 0.215. The molecule has 0 aliphatic carbocycles. The number of likely N-dealkylation sites (tertiary alicyclic amines) is 1. The number of nitrogens with zero attached hydrogens (tertiary/aromatic N) is 2. The van der Waals surface area contributed by atoms with Crippen LogP contribution >= 0.6 is 23.4 Å². The SMILES string of the molecule is COc1ccc2nccc(C(F)CC[C@@H]3CCN(CCCSc4ccccc4Cl)C[C@@H]3C(=O)O)c2c1. The molecule has 0 spiro atoms. The van der Waals surface area contributed by atoms with E-state index < -0.39 is 18.1 Å². The van der Waals surface area contributed by atoms with E-state index in [1.807, 2.05) is 42.5 Å². The number of ether oxygens (including phenoxy) is 1. The van der Waals surface area contributed by atoms with E-state index in [2.05, 4.69) is 9.88 Å². The fourth-order valence-electron chi connectivity index (χ4n) is 4.99. The molecule has 1 unspecified atom stereocenters. The van der Waals surface area contributed by atoms with Crippen molar-refractivity contribution in [3.05, 3.63) is 65.3 Å². The number of hydrogen-bond acceptors (Lipinski definition) is 5. The number of alkyl halides is 1. The van der Waals surface area contributed by atoms with Crippen LogP contribution in [0.5, 0.6) is 5.75 Å².